The summed E-state index contributed by atoms with van der Waals surface area (Å²) in [4.78, 5) is 12.3. The molecule has 0 unspecified atom stereocenters. The van der Waals surface area contributed by atoms with Crippen molar-refractivity contribution in [2.75, 3.05) is 6.54 Å². The molecule has 0 aliphatic carbocycles. The highest BCUT2D eigenvalue weighted by Gasteiger charge is 2.15. The number of amides is 1. The molecule has 122 valence electrons. The van der Waals surface area contributed by atoms with Gasteiger partial charge in [0, 0.05) is 11.0 Å². The average molecular weight is 405 g/mol. The summed E-state index contributed by atoms with van der Waals surface area (Å²) in [6.07, 6.45) is -0.800. The lowest BCUT2D eigenvalue weighted by Gasteiger charge is -2.15. The van der Waals surface area contributed by atoms with Gasteiger partial charge in [-0.25, -0.2) is 0 Å². The molecule has 0 bridgehead atoms. The van der Waals surface area contributed by atoms with Gasteiger partial charge in [-0.1, -0.05) is 70.0 Å². The molecule has 0 aliphatic rings. The van der Waals surface area contributed by atoms with Crippen LogP contribution in [0.4, 0.5) is 0 Å². The van der Waals surface area contributed by atoms with Gasteiger partial charge in [0.1, 0.15) is 0 Å². The average Bonchev–Trinajstić information content (AvgIpc) is 2.61. The Morgan fingerprint density at radius 1 is 1.12 bits per heavy atom. The summed E-state index contributed by atoms with van der Waals surface area (Å²) >= 11 is 9.38. The van der Waals surface area contributed by atoms with Crippen LogP contribution in [0.25, 0.3) is 10.8 Å². The molecule has 0 heterocycles. The molecule has 1 amide bonds. The van der Waals surface area contributed by atoms with E-state index in [0.717, 1.165) is 20.8 Å². The van der Waals surface area contributed by atoms with Gasteiger partial charge in [0.05, 0.1) is 16.7 Å². The van der Waals surface area contributed by atoms with Gasteiger partial charge >= 0.3 is 0 Å². The van der Waals surface area contributed by atoms with Crippen LogP contribution in [0.1, 0.15) is 22.0 Å². The van der Waals surface area contributed by atoms with Crippen LogP contribution < -0.4 is 5.32 Å². The fraction of sp³-hybridized carbons (Fsp3) is 0.105. The number of aliphatic hydroxyl groups is 1. The standard InChI is InChI=1S/C19H15BrClNO2/c20-13-8-9-17(21)16(10-13)19(24)22-11-18(23)15-7-3-5-12-4-1-2-6-14(12)15/h1-10,18,23H,11H2,(H,22,24)/t18-/m0/s1. The maximum Gasteiger partial charge on any atom is 0.252 e. The predicted molar refractivity (Wildman–Crippen MR) is 100 cm³/mol. The molecule has 3 aromatic carbocycles. The molecule has 5 heteroatoms. The number of nitrogens with one attached hydrogen (secondary N) is 1. The zero-order valence-corrected chi connectivity index (χ0v) is 15.0. The second-order valence-corrected chi connectivity index (χ2v) is 6.74. The van der Waals surface area contributed by atoms with Crippen LogP contribution in [0.2, 0.25) is 5.02 Å². The number of rotatable bonds is 4. The summed E-state index contributed by atoms with van der Waals surface area (Å²) in [7, 11) is 0. The molecule has 0 aromatic heterocycles. The molecular weight excluding hydrogens is 390 g/mol. The highest BCUT2D eigenvalue weighted by Crippen LogP contribution is 2.24. The molecule has 0 radical (unpaired) electrons. The summed E-state index contributed by atoms with van der Waals surface area (Å²) in [5, 5.41) is 15.6. The lowest BCUT2D eigenvalue weighted by molar-refractivity contribution is 0.0917. The Morgan fingerprint density at radius 2 is 1.88 bits per heavy atom. The molecule has 0 saturated heterocycles. The van der Waals surface area contributed by atoms with Crippen molar-refractivity contribution in [2.45, 2.75) is 6.10 Å². The Kier molecular flexibility index (Phi) is 5.19. The Labute approximate surface area is 153 Å². The van der Waals surface area contributed by atoms with E-state index in [-0.39, 0.29) is 12.5 Å². The third-order valence-corrected chi connectivity index (χ3v) is 4.63. The van der Waals surface area contributed by atoms with Crippen molar-refractivity contribution >= 4 is 44.2 Å². The van der Waals surface area contributed by atoms with E-state index in [1.807, 2.05) is 42.5 Å². The van der Waals surface area contributed by atoms with Crippen molar-refractivity contribution < 1.29 is 9.90 Å². The van der Waals surface area contributed by atoms with Gasteiger partial charge in [-0.2, -0.15) is 0 Å². The number of halogens is 2. The van der Waals surface area contributed by atoms with Gasteiger partial charge in [0.15, 0.2) is 0 Å². The van der Waals surface area contributed by atoms with Crippen LogP contribution in [-0.4, -0.2) is 17.6 Å². The molecule has 2 N–H and O–H groups in total. The summed E-state index contributed by atoms with van der Waals surface area (Å²) in [5.74, 6) is -0.319. The van der Waals surface area contributed by atoms with Crippen molar-refractivity contribution in [1.29, 1.82) is 0 Å². The van der Waals surface area contributed by atoms with Crippen molar-refractivity contribution in [3.8, 4) is 0 Å². The van der Waals surface area contributed by atoms with Crippen LogP contribution in [0.5, 0.6) is 0 Å². The maximum atomic E-state index is 12.3. The Bertz CT molecular complexity index is 892. The van der Waals surface area contributed by atoms with Crippen LogP contribution in [-0.2, 0) is 0 Å². The summed E-state index contributed by atoms with van der Waals surface area (Å²) in [5.41, 5.74) is 1.16. The first-order valence-electron chi connectivity index (χ1n) is 7.45. The SMILES string of the molecule is O=C(NC[C@H](O)c1cccc2ccccc12)c1cc(Br)ccc1Cl. The summed E-state index contributed by atoms with van der Waals surface area (Å²) in [6.45, 7) is 0.107. The van der Waals surface area contributed by atoms with Crippen LogP contribution in [0.15, 0.2) is 65.1 Å². The van der Waals surface area contributed by atoms with Crippen LogP contribution in [0.3, 0.4) is 0 Å². The van der Waals surface area contributed by atoms with Gasteiger partial charge in [-0.15, -0.1) is 0 Å². The minimum Gasteiger partial charge on any atom is -0.387 e. The smallest absolute Gasteiger partial charge is 0.252 e. The molecule has 0 spiro atoms. The molecule has 24 heavy (non-hydrogen) atoms. The third-order valence-electron chi connectivity index (χ3n) is 3.81. The number of fused-ring (bicyclic) bond motifs is 1. The van der Waals surface area contributed by atoms with Gasteiger partial charge < -0.3 is 10.4 Å². The number of hydrogen-bond donors (Lipinski definition) is 2. The minimum absolute atomic E-state index is 0.107. The fourth-order valence-electron chi connectivity index (χ4n) is 2.61. The normalized spacial score (nSPS) is 12.1. The van der Waals surface area contributed by atoms with E-state index in [0.29, 0.717) is 10.6 Å². The first-order valence-corrected chi connectivity index (χ1v) is 8.62. The molecular formula is C19H15BrClNO2. The number of carbonyl (C=O) groups excluding carboxylic acids is 1. The largest absolute Gasteiger partial charge is 0.387 e. The number of benzene rings is 3. The predicted octanol–water partition coefficient (Wildman–Crippen LogP) is 4.72. The van der Waals surface area contributed by atoms with Crippen molar-refractivity contribution in [3.63, 3.8) is 0 Å². The Morgan fingerprint density at radius 3 is 2.71 bits per heavy atom. The van der Waals surface area contributed by atoms with E-state index in [2.05, 4.69) is 21.2 Å². The summed E-state index contributed by atoms with van der Waals surface area (Å²) < 4.78 is 0.770. The van der Waals surface area contributed by atoms with Gasteiger partial charge in [-0.05, 0) is 34.5 Å². The lowest BCUT2D eigenvalue weighted by Crippen LogP contribution is -2.28. The molecule has 0 fully saturated rings. The topological polar surface area (TPSA) is 49.3 Å². The van der Waals surface area contributed by atoms with Crippen molar-refractivity contribution in [2.24, 2.45) is 0 Å². The van der Waals surface area contributed by atoms with E-state index < -0.39 is 6.10 Å². The van der Waals surface area contributed by atoms with Crippen LogP contribution in [0, 0.1) is 0 Å². The molecule has 0 saturated carbocycles. The third kappa shape index (κ3) is 3.61. The Hall–Kier alpha value is -1.88. The summed E-state index contributed by atoms with van der Waals surface area (Å²) in [6, 6.07) is 18.7. The second-order valence-electron chi connectivity index (χ2n) is 5.42. The highest BCUT2D eigenvalue weighted by molar-refractivity contribution is 9.10. The molecule has 1 atom stereocenters. The van der Waals surface area contributed by atoms with E-state index in [4.69, 9.17) is 11.6 Å². The van der Waals surface area contributed by atoms with Crippen LogP contribution >= 0.6 is 27.5 Å². The molecule has 3 aromatic rings. The fourth-order valence-corrected chi connectivity index (χ4v) is 3.17. The quantitative estimate of drug-likeness (QED) is 0.661. The lowest BCUT2D eigenvalue weighted by atomic mass is 10.0. The first kappa shape index (κ1) is 17.0. The minimum atomic E-state index is -0.800. The first-order chi connectivity index (χ1) is 11.6. The number of hydrogen-bond acceptors (Lipinski definition) is 2. The zero-order chi connectivity index (χ0) is 17.1. The van der Waals surface area contributed by atoms with Crippen molar-refractivity contribution in [1.82, 2.24) is 5.32 Å². The van der Waals surface area contributed by atoms with Gasteiger partial charge in [0.2, 0.25) is 0 Å². The second kappa shape index (κ2) is 7.34. The van der Waals surface area contributed by atoms with E-state index in [9.17, 15) is 9.90 Å². The van der Waals surface area contributed by atoms with Crippen molar-refractivity contribution in [3.05, 3.63) is 81.3 Å². The number of aliphatic hydroxyl groups excluding tert-OH is 1. The monoisotopic (exact) mass is 403 g/mol. The molecule has 0 aliphatic heterocycles. The van der Waals surface area contributed by atoms with Gasteiger partial charge in [0.25, 0.3) is 5.91 Å². The highest BCUT2D eigenvalue weighted by atomic mass is 79.9. The number of carbonyl (C=O) groups is 1. The van der Waals surface area contributed by atoms with Gasteiger partial charge in [-0.3, -0.25) is 4.79 Å². The van der Waals surface area contributed by atoms with E-state index in [1.54, 1.807) is 18.2 Å². The zero-order valence-electron chi connectivity index (χ0n) is 12.7. The maximum absolute atomic E-state index is 12.3. The molecule has 3 rings (SSSR count). The Balaban J connectivity index is 1.76. The van der Waals surface area contributed by atoms with E-state index >= 15 is 0 Å². The van der Waals surface area contributed by atoms with E-state index in [1.165, 1.54) is 0 Å². The molecule has 3 nitrogen and oxygen atoms in total.